The number of carbonyl (C=O) groups is 1. The number of aliphatic carboxylic acids is 1. The maximum absolute atomic E-state index is 10.8. The van der Waals surface area contributed by atoms with Crippen molar-refractivity contribution >= 4 is 16.8 Å². The van der Waals surface area contributed by atoms with Crippen LogP contribution in [0.3, 0.4) is 0 Å². The van der Waals surface area contributed by atoms with E-state index in [9.17, 15) is 9.00 Å². The molecular weight excluding hydrogens is 154 g/mol. The molecule has 0 aliphatic carbocycles. The van der Waals surface area contributed by atoms with E-state index in [0.29, 0.717) is 12.3 Å². The molecule has 0 aromatic rings. The van der Waals surface area contributed by atoms with Gasteiger partial charge in [0.1, 0.15) is 6.04 Å². The average molecular weight is 163 g/mol. The van der Waals surface area contributed by atoms with Crippen molar-refractivity contribution in [3.8, 4) is 0 Å². The van der Waals surface area contributed by atoms with E-state index in [4.69, 9.17) is 5.11 Å². The van der Waals surface area contributed by atoms with E-state index in [0.717, 1.165) is 0 Å². The molecule has 1 fully saturated rings. The van der Waals surface area contributed by atoms with Crippen LogP contribution in [0.2, 0.25) is 0 Å². The van der Waals surface area contributed by atoms with Crippen LogP contribution in [0.15, 0.2) is 0 Å². The second kappa shape index (κ2) is 3.12. The van der Waals surface area contributed by atoms with Gasteiger partial charge in [-0.15, -0.1) is 0 Å². The Balaban J connectivity index is 2.47. The van der Waals surface area contributed by atoms with Crippen LogP contribution >= 0.6 is 0 Å². The van der Waals surface area contributed by atoms with Gasteiger partial charge in [0.25, 0.3) is 0 Å². The Labute approximate surface area is 61.1 Å². The van der Waals surface area contributed by atoms with Crippen molar-refractivity contribution in [1.29, 1.82) is 0 Å². The summed E-state index contributed by atoms with van der Waals surface area (Å²) in [6.07, 6.45) is 0. The van der Waals surface area contributed by atoms with Crippen molar-refractivity contribution in [2.24, 2.45) is 0 Å². The topological polar surface area (TPSA) is 66.4 Å². The molecule has 0 aromatic heterocycles. The molecular formula is C5H9NO3S. The Morgan fingerprint density at radius 2 is 2.40 bits per heavy atom. The molecule has 0 spiro atoms. The highest BCUT2D eigenvalue weighted by Gasteiger charge is 2.23. The van der Waals surface area contributed by atoms with Crippen LogP contribution in [-0.4, -0.2) is 39.4 Å². The standard InChI is InChI=1S/C5H9NO3S/c7-5(8)4-3-10(9)2-1-6-4/h4,6H,1-3H2,(H,7,8)/t4-,10+/m0/s1. The van der Waals surface area contributed by atoms with Gasteiger partial charge >= 0.3 is 5.97 Å². The molecule has 4 nitrogen and oxygen atoms in total. The van der Waals surface area contributed by atoms with Gasteiger partial charge in [0.2, 0.25) is 0 Å². The van der Waals surface area contributed by atoms with Gasteiger partial charge in [-0.1, -0.05) is 0 Å². The number of nitrogens with one attached hydrogen (secondary N) is 1. The summed E-state index contributed by atoms with van der Waals surface area (Å²) in [5.41, 5.74) is 0. The van der Waals surface area contributed by atoms with Gasteiger partial charge in [0, 0.05) is 28.9 Å². The SMILES string of the molecule is O=C(O)[C@@H]1C[S@](=O)CCN1. The number of carboxylic acids is 1. The van der Waals surface area contributed by atoms with Gasteiger partial charge in [-0.3, -0.25) is 9.00 Å². The highest BCUT2D eigenvalue weighted by Crippen LogP contribution is 1.95. The zero-order valence-corrected chi connectivity index (χ0v) is 6.19. The lowest BCUT2D eigenvalue weighted by Gasteiger charge is -2.18. The molecule has 2 atom stereocenters. The summed E-state index contributed by atoms with van der Waals surface area (Å²) in [7, 11) is -0.934. The average Bonchev–Trinajstić information content (AvgIpc) is 1.88. The van der Waals surface area contributed by atoms with Gasteiger partial charge in [-0.25, -0.2) is 0 Å². The molecule has 0 unspecified atom stereocenters. The first-order chi connectivity index (χ1) is 4.70. The van der Waals surface area contributed by atoms with Crippen LogP contribution in [0.25, 0.3) is 0 Å². The predicted octanol–water partition coefficient (Wildman–Crippen LogP) is -1.21. The maximum atomic E-state index is 10.8. The molecule has 0 bridgehead atoms. The Bertz CT molecular complexity index is 168. The van der Waals surface area contributed by atoms with Crippen LogP contribution in [0.5, 0.6) is 0 Å². The van der Waals surface area contributed by atoms with E-state index >= 15 is 0 Å². The first kappa shape index (κ1) is 7.68. The fourth-order valence-corrected chi connectivity index (χ4v) is 1.98. The van der Waals surface area contributed by atoms with E-state index in [1.54, 1.807) is 0 Å². The Hall–Kier alpha value is -0.420. The Morgan fingerprint density at radius 3 is 2.80 bits per heavy atom. The molecule has 1 aliphatic heterocycles. The summed E-state index contributed by atoms with van der Waals surface area (Å²) in [6.45, 7) is 0.545. The summed E-state index contributed by atoms with van der Waals surface area (Å²) in [5, 5.41) is 11.2. The molecule has 10 heavy (non-hydrogen) atoms. The summed E-state index contributed by atoms with van der Waals surface area (Å²) >= 11 is 0. The zero-order chi connectivity index (χ0) is 7.56. The van der Waals surface area contributed by atoms with Crippen molar-refractivity contribution in [1.82, 2.24) is 5.32 Å². The van der Waals surface area contributed by atoms with Gasteiger partial charge in [-0.05, 0) is 0 Å². The van der Waals surface area contributed by atoms with E-state index in [-0.39, 0.29) is 5.75 Å². The summed E-state index contributed by atoms with van der Waals surface area (Å²) < 4.78 is 10.8. The monoisotopic (exact) mass is 163 g/mol. The molecule has 0 aromatic carbocycles. The van der Waals surface area contributed by atoms with Gasteiger partial charge in [0.15, 0.2) is 0 Å². The number of hydrogen-bond acceptors (Lipinski definition) is 3. The molecule has 0 radical (unpaired) electrons. The quantitative estimate of drug-likeness (QED) is 0.509. The predicted molar refractivity (Wildman–Crippen MR) is 37.3 cm³/mol. The van der Waals surface area contributed by atoms with Crippen molar-refractivity contribution in [3.05, 3.63) is 0 Å². The van der Waals surface area contributed by atoms with Crippen molar-refractivity contribution in [2.45, 2.75) is 6.04 Å². The Morgan fingerprint density at radius 1 is 1.70 bits per heavy atom. The van der Waals surface area contributed by atoms with Crippen molar-refractivity contribution in [2.75, 3.05) is 18.1 Å². The number of carboxylic acid groups (broad SMARTS) is 1. The molecule has 1 heterocycles. The van der Waals surface area contributed by atoms with Crippen LogP contribution in [0.4, 0.5) is 0 Å². The smallest absolute Gasteiger partial charge is 0.321 e. The minimum atomic E-state index is -0.934. The highest BCUT2D eigenvalue weighted by molar-refractivity contribution is 7.85. The minimum Gasteiger partial charge on any atom is -0.480 e. The van der Waals surface area contributed by atoms with Gasteiger partial charge < -0.3 is 10.4 Å². The fraction of sp³-hybridized carbons (Fsp3) is 0.800. The largest absolute Gasteiger partial charge is 0.480 e. The zero-order valence-electron chi connectivity index (χ0n) is 5.37. The van der Waals surface area contributed by atoms with E-state index in [2.05, 4.69) is 5.32 Å². The molecule has 2 N–H and O–H groups in total. The normalized spacial score (nSPS) is 33.6. The maximum Gasteiger partial charge on any atom is 0.321 e. The number of rotatable bonds is 1. The lowest BCUT2D eigenvalue weighted by molar-refractivity contribution is -0.138. The molecule has 58 valence electrons. The van der Waals surface area contributed by atoms with Crippen LogP contribution < -0.4 is 5.32 Å². The second-order valence-electron chi connectivity index (χ2n) is 2.16. The third-order valence-electron chi connectivity index (χ3n) is 1.37. The highest BCUT2D eigenvalue weighted by atomic mass is 32.2. The fourth-order valence-electron chi connectivity index (χ4n) is 0.834. The lowest BCUT2D eigenvalue weighted by Crippen LogP contribution is -2.47. The molecule has 1 aliphatic rings. The molecule has 1 rings (SSSR count). The Kier molecular flexibility index (Phi) is 2.39. The van der Waals surface area contributed by atoms with Crippen molar-refractivity contribution < 1.29 is 14.1 Å². The second-order valence-corrected chi connectivity index (χ2v) is 3.78. The molecule has 0 saturated carbocycles. The first-order valence-electron chi connectivity index (χ1n) is 3.01. The first-order valence-corrected chi connectivity index (χ1v) is 4.50. The third kappa shape index (κ3) is 1.78. The lowest BCUT2D eigenvalue weighted by atomic mass is 10.3. The minimum absolute atomic E-state index is 0.245. The van der Waals surface area contributed by atoms with Crippen LogP contribution in [0.1, 0.15) is 0 Å². The molecule has 5 heteroatoms. The van der Waals surface area contributed by atoms with E-state index < -0.39 is 22.8 Å². The van der Waals surface area contributed by atoms with Crippen molar-refractivity contribution in [3.63, 3.8) is 0 Å². The van der Waals surface area contributed by atoms with Crippen LogP contribution in [0, 0.1) is 0 Å². The number of hydrogen-bond donors (Lipinski definition) is 2. The summed E-state index contributed by atoms with van der Waals surface area (Å²) in [6, 6.07) is -0.602. The van der Waals surface area contributed by atoms with Gasteiger partial charge in [0.05, 0.1) is 0 Å². The summed E-state index contributed by atoms with van der Waals surface area (Å²) in [5.74, 6) is -0.0906. The third-order valence-corrected chi connectivity index (χ3v) is 2.74. The van der Waals surface area contributed by atoms with E-state index in [1.807, 2.05) is 0 Å². The van der Waals surface area contributed by atoms with Crippen LogP contribution in [-0.2, 0) is 15.6 Å². The van der Waals surface area contributed by atoms with E-state index in [1.165, 1.54) is 0 Å². The summed E-state index contributed by atoms with van der Waals surface area (Å²) in [4.78, 5) is 10.3. The molecule has 1 saturated heterocycles. The van der Waals surface area contributed by atoms with Gasteiger partial charge in [-0.2, -0.15) is 0 Å². The molecule has 0 amide bonds.